The monoisotopic (exact) mass is 529 g/mol. The van der Waals surface area contributed by atoms with Gasteiger partial charge in [-0.15, -0.1) is 5.10 Å². The predicted molar refractivity (Wildman–Crippen MR) is 137 cm³/mol. The van der Waals surface area contributed by atoms with Gasteiger partial charge in [-0.1, -0.05) is 54.4 Å². The lowest BCUT2D eigenvalue weighted by Gasteiger charge is -2.49. The quantitative estimate of drug-likeness (QED) is 0.442. The van der Waals surface area contributed by atoms with Crippen LogP contribution in [0.25, 0.3) is 0 Å². The van der Waals surface area contributed by atoms with Crippen molar-refractivity contribution in [3.63, 3.8) is 0 Å². The highest BCUT2D eigenvalue weighted by Crippen LogP contribution is 2.50. The normalized spacial score (nSPS) is 22.5. The molecule has 0 radical (unpaired) electrons. The number of piperidine rings is 1. The number of carbonyl (C=O) groups excluding carboxylic acids is 2. The molecule has 8 nitrogen and oxygen atoms in total. The highest BCUT2D eigenvalue weighted by molar-refractivity contribution is 6.30. The molecule has 3 atom stereocenters. The van der Waals surface area contributed by atoms with Gasteiger partial charge < -0.3 is 9.64 Å². The van der Waals surface area contributed by atoms with Crippen LogP contribution in [0.1, 0.15) is 63.0 Å². The highest BCUT2D eigenvalue weighted by Gasteiger charge is 2.51. The fraction of sp³-hybridized carbons (Fsp3) is 0.423. The van der Waals surface area contributed by atoms with Gasteiger partial charge in [-0.3, -0.25) is 9.59 Å². The molecule has 1 aliphatic rings. The van der Waals surface area contributed by atoms with Gasteiger partial charge in [-0.25, -0.2) is 5.10 Å². The Morgan fingerprint density at radius 1 is 1.14 bits per heavy atom. The van der Waals surface area contributed by atoms with Crippen LogP contribution in [-0.4, -0.2) is 49.5 Å². The molecule has 1 aliphatic heterocycles. The molecule has 1 amide bonds. The van der Waals surface area contributed by atoms with Gasteiger partial charge in [0.1, 0.15) is 18.0 Å². The van der Waals surface area contributed by atoms with Crippen LogP contribution in [0, 0.1) is 5.41 Å². The maximum absolute atomic E-state index is 14.2. The summed E-state index contributed by atoms with van der Waals surface area (Å²) < 4.78 is 5.61. The molecule has 0 saturated carbocycles. The third kappa shape index (κ3) is 5.87. The van der Waals surface area contributed by atoms with Gasteiger partial charge in [-0.2, -0.15) is 0 Å². The van der Waals surface area contributed by atoms with E-state index in [1.54, 1.807) is 37.8 Å². The van der Waals surface area contributed by atoms with Gasteiger partial charge in [0, 0.05) is 22.4 Å². The summed E-state index contributed by atoms with van der Waals surface area (Å²) >= 11 is 12.6. The topological polar surface area (TPSA) is 101 Å². The van der Waals surface area contributed by atoms with Crippen molar-refractivity contribution in [2.45, 2.75) is 58.1 Å². The molecule has 1 saturated heterocycles. The molecule has 3 unspecified atom stereocenters. The minimum Gasteiger partial charge on any atom is -0.459 e. The molecule has 0 bridgehead atoms. The smallest absolute Gasteiger partial charge is 0.326 e. The van der Waals surface area contributed by atoms with E-state index in [2.05, 4.69) is 20.6 Å². The number of halogens is 2. The van der Waals surface area contributed by atoms with Gasteiger partial charge in [0.15, 0.2) is 0 Å². The van der Waals surface area contributed by atoms with Gasteiger partial charge >= 0.3 is 5.97 Å². The van der Waals surface area contributed by atoms with E-state index in [0.29, 0.717) is 22.3 Å². The number of aromatic nitrogens is 4. The van der Waals surface area contributed by atoms with E-state index >= 15 is 0 Å². The number of esters is 1. The summed E-state index contributed by atoms with van der Waals surface area (Å²) in [6.45, 7) is 7.08. The maximum Gasteiger partial charge on any atom is 0.326 e. The number of nitrogens with one attached hydrogen (secondary N) is 1. The van der Waals surface area contributed by atoms with Crippen molar-refractivity contribution in [1.29, 1.82) is 0 Å². The molecule has 1 N–H and O–H groups in total. The van der Waals surface area contributed by atoms with E-state index in [4.69, 9.17) is 27.9 Å². The van der Waals surface area contributed by atoms with Crippen LogP contribution in [0.2, 0.25) is 10.0 Å². The SMILES string of the molecule is CC(C)(C)OC(=O)CN1C(=O)C(C)(Cc2nnn[nH]2)CC(c2cccc(Cl)c2)C1c1ccc(Cl)cc1. The number of benzene rings is 2. The predicted octanol–water partition coefficient (Wildman–Crippen LogP) is 5.15. The second-order valence-electron chi connectivity index (χ2n) is 10.5. The number of aromatic amines is 1. The number of rotatable bonds is 6. The largest absolute Gasteiger partial charge is 0.459 e. The zero-order valence-corrected chi connectivity index (χ0v) is 22.2. The number of carbonyl (C=O) groups is 2. The van der Waals surface area contributed by atoms with E-state index in [1.165, 1.54) is 0 Å². The number of tetrazole rings is 1. The Labute approximate surface area is 220 Å². The minimum absolute atomic E-state index is 0.175. The number of ether oxygens (including phenoxy) is 1. The van der Waals surface area contributed by atoms with Crippen LogP contribution < -0.4 is 0 Å². The molecule has 1 aromatic heterocycles. The molecular weight excluding hydrogens is 501 g/mol. The summed E-state index contributed by atoms with van der Waals surface area (Å²) in [4.78, 5) is 28.8. The molecule has 0 aliphatic carbocycles. The van der Waals surface area contributed by atoms with Crippen molar-refractivity contribution in [3.05, 3.63) is 75.5 Å². The first-order chi connectivity index (χ1) is 16.9. The zero-order chi connectivity index (χ0) is 26.1. The van der Waals surface area contributed by atoms with Crippen LogP contribution in [0.4, 0.5) is 0 Å². The lowest BCUT2D eigenvalue weighted by Crippen LogP contribution is -2.54. The Kier molecular flexibility index (Phi) is 7.38. The number of H-pyrrole nitrogens is 1. The third-order valence-electron chi connectivity index (χ3n) is 6.32. The molecule has 190 valence electrons. The van der Waals surface area contributed by atoms with Crippen molar-refractivity contribution >= 4 is 35.1 Å². The minimum atomic E-state index is -0.890. The number of amides is 1. The summed E-state index contributed by atoms with van der Waals surface area (Å²) in [5.74, 6) is -0.336. The van der Waals surface area contributed by atoms with Crippen LogP contribution in [-0.2, 0) is 20.7 Å². The third-order valence-corrected chi connectivity index (χ3v) is 6.81. The lowest BCUT2D eigenvalue weighted by atomic mass is 9.67. The molecule has 2 heterocycles. The van der Waals surface area contributed by atoms with Crippen molar-refractivity contribution in [3.8, 4) is 0 Å². The van der Waals surface area contributed by atoms with Crippen LogP contribution >= 0.6 is 23.2 Å². The maximum atomic E-state index is 14.2. The van der Waals surface area contributed by atoms with Crippen molar-refractivity contribution in [2.75, 3.05) is 6.54 Å². The molecule has 1 fully saturated rings. The van der Waals surface area contributed by atoms with Crippen molar-refractivity contribution < 1.29 is 14.3 Å². The Balaban J connectivity index is 1.83. The molecular formula is C26H29Cl2N5O3. The summed E-state index contributed by atoms with van der Waals surface area (Å²) in [5, 5.41) is 15.3. The lowest BCUT2D eigenvalue weighted by molar-refractivity contribution is -0.166. The van der Waals surface area contributed by atoms with Crippen molar-refractivity contribution in [1.82, 2.24) is 25.5 Å². The van der Waals surface area contributed by atoms with Crippen molar-refractivity contribution in [2.24, 2.45) is 5.41 Å². The zero-order valence-electron chi connectivity index (χ0n) is 20.7. The average Bonchev–Trinajstić information content (AvgIpc) is 3.29. The van der Waals surface area contributed by atoms with Gasteiger partial charge in [-0.05, 0) is 73.0 Å². The fourth-order valence-corrected chi connectivity index (χ4v) is 5.26. The molecule has 10 heteroatoms. The van der Waals surface area contributed by atoms with Crippen LogP contribution in [0.15, 0.2) is 48.5 Å². The number of nitrogens with zero attached hydrogens (tertiary/aromatic N) is 4. The Morgan fingerprint density at radius 3 is 2.47 bits per heavy atom. The first-order valence-corrected chi connectivity index (χ1v) is 12.5. The number of hydrogen-bond donors (Lipinski definition) is 1. The fourth-order valence-electron chi connectivity index (χ4n) is 4.94. The first-order valence-electron chi connectivity index (χ1n) is 11.7. The number of hydrogen-bond acceptors (Lipinski definition) is 6. The Hall–Kier alpha value is -2.97. The van der Waals surface area contributed by atoms with Crippen LogP contribution in [0.5, 0.6) is 0 Å². The average molecular weight is 530 g/mol. The number of likely N-dealkylation sites (tertiary alicyclic amines) is 1. The van der Waals surface area contributed by atoms with E-state index in [9.17, 15) is 9.59 Å². The van der Waals surface area contributed by atoms with E-state index in [1.807, 2.05) is 43.3 Å². The first kappa shape index (κ1) is 26.1. The summed E-state index contributed by atoms with van der Waals surface area (Å²) in [5.41, 5.74) is 0.252. The standard InChI is InChI=1S/C26H29Cl2N5O3/c1-25(2,3)36-22(34)15-33-23(16-8-10-18(27)11-9-16)20(17-6-5-7-19(28)12-17)13-26(4,24(33)35)14-21-29-31-32-30-21/h5-12,20,23H,13-15H2,1-4H3,(H,29,30,31,32). The summed E-state index contributed by atoms with van der Waals surface area (Å²) in [7, 11) is 0. The van der Waals surface area contributed by atoms with E-state index in [0.717, 1.165) is 11.1 Å². The molecule has 0 spiro atoms. The summed E-state index contributed by atoms with van der Waals surface area (Å²) in [6, 6.07) is 14.5. The Bertz CT molecular complexity index is 1230. The summed E-state index contributed by atoms with van der Waals surface area (Å²) in [6.07, 6.45) is 0.777. The highest BCUT2D eigenvalue weighted by atomic mass is 35.5. The molecule has 36 heavy (non-hydrogen) atoms. The van der Waals surface area contributed by atoms with Gasteiger partial charge in [0.05, 0.1) is 11.5 Å². The van der Waals surface area contributed by atoms with Gasteiger partial charge in [0.25, 0.3) is 0 Å². The molecule has 4 rings (SSSR count). The second-order valence-corrected chi connectivity index (χ2v) is 11.3. The molecule has 3 aromatic rings. The second kappa shape index (κ2) is 10.2. The van der Waals surface area contributed by atoms with Gasteiger partial charge in [0.2, 0.25) is 5.91 Å². The van der Waals surface area contributed by atoms with Crippen LogP contribution in [0.3, 0.4) is 0 Å². The Morgan fingerprint density at radius 2 is 1.86 bits per heavy atom. The van der Waals surface area contributed by atoms with E-state index < -0.39 is 23.0 Å². The molecule has 2 aromatic carbocycles. The van der Waals surface area contributed by atoms with E-state index in [-0.39, 0.29) is 24.8 Å².